The number of benzene rings is 1. The van der Waals surface area contributed by atoms with Crippen molar-refractivity contribution in [2.24, 2.45) is 11.3 Å². The molecule has 0 aliphatic heterocycles. The first-order valence-electron chi connectivity index (χ1n) is 14.2. The van der Waals surface area contributed by atoms with Gasteiger partial charge in [-0.05, 0) is 17.4 Å². The minimum absolute atomic E-state index is 0.117. The molecule has 0 saturated heterocycles. The lowest BCUT2D eigenvalue weighted by molar-refractivity contribution is -0.151. The minimum atomic E-state index is -1.64. The van der Waals surface area contributed by atoms with Crippen LogP contribution in [0.4, 0.5) is 0 Å². The summed E-state index contributed by atoms with van der Waals surface area (Å²) in [6, 6.07) is 8.50. The molecule has 0 heterocycles. The molecule has 0 spiro atoms. The molecule has 39 heavy (non-hydrogen) atoms. The third-order valence-corrected chi connectivity index (χ3v) is 6.86. The lowest BCUT2D eigenvalue weighted by Gasteiger charge is -2.36. The number of amides is 3. The molecule has 0 unspecified atom stereocenters. The first-order chi connectivity index (χ1) is 18.4. The fraction of sp³-hybridized carbons (Fsp3) is 0.700. The molecular formula is C30H51N3O6. The normalized spacial score (nSPS) is 14.7. The number of carbonyl (C=O) groups is 3. The van der Waals surface area contributed by atoms with Gasteiger partial charge in [0.1, 0.15) is 6.10 Å². The number of hydrogen-bond acceptors (Lipinski definition) is 6. The Labute approximate surface area is 234 Å². The molecule has 0 radical (unpaired) electrons. The van der Waals surface area contributed by atoms with Crippen molar-refractivity contribution in [2.45, 2.75) is 110 Å². The van der Waals surface area contributed by atoms with Gasteiger partial charge in [0.2, 0.25) is 11.8 Å². The Balaban J connectivity index is 2.91. The van der Waals surface area contributed by atoms with Gasteiger partial charge in [0.15, 0.2) is 0 Å². The topological polar surface area (TPSA) is 128 Å². The van der Waals surface area contributed by atoms with Crippen molar-refractivity contribution in [3.05, 3.63) is 35.9 Å². The molecule has 0 saturated carbocycles. The molecule has 9 nitrogen and oxygen atoms in total. The Morgan fingerprint density at radius 3 is 2.08 bits per heavy atom. The van der Waals surface area contributed by atoms with E-state index in [0.717, 1.165) is 31.2 Å². The van der Waals surface area contributed by atoms with Gasteiger partial charge in [-0.25, -0.2) is 5.48 Å². The first kappa shape index (κ1) is 34.5. The van der Waals surface area contributed by atoms with E-state index < -0.39 is 41.4 Å². The number of hydrogen-bond donors (Lipinski definition) is 4. The lowest BCUT2D eigenvalue weighted by Crippen LogP contribution is -2.55. The molecule has 0 bridgehead atoms. The van der Waals surface area contributed by atoms with E-state index in [2.05, 4.69) is 17.7 Å². The average molecular weight is 550 g/mol. The number of unbranched alkanes of at least 4 members (excludes halogenated alkanes) is 6. The predicted octanol–water partition coefficient (Wildman–Crippen LogP) is 3.72. The van der Waals surface area contributed by atoms with Crippen LogP contribution in [0.2, 0.25) is 0 Å². The fourth-order valence-corrected chi connectivity index (χ4v) is 4.39. The minimum Gasteiger partial charge on any atom is -0.390 e. The van der Waals surface area contributed by atoms with E-state index in [9.17, 15) is 24.6 Å². The van der Waals surface area contributed by atoms with Crippen molar-refractivity contribution in [3.63, 3.8) is 0 Å². The molecule has 0 aliphatic rings. The molecule has 1 rings (SSSR count). The molecule has 4 atom stereocenters. The zero-order valence-corrected chi connectivity index (χ0v) is 24.7. The highest BCUT2D eigenvalue weighted by Crippen LogP contribution is 2.25. The van der Waals surface area contributed by atoms with Crippen molar-refractivity contribution < 1.29 is 29.4 Å². The molecule has 1 aromatic rings. The summed E-state index contributed by atoms with van der Waals surface area (Å²) in [5.41, 5.74) is 2.53. The van der Waals surface area contributed by atoms with Crippen LogP contribution in [0.15, 0.2) is 30.3 Å². The quantitative estimate of drug-likeness (QED) is 0.163. The Kier molecular flexibility index (Phi) is 15.9. The van der Waals surface area contributed by atoms with Gasteiger partial charge in [-0.3, -0.25) is 19.2 Å². The maximum atomic E-state index is 13.5. The van der Waals surface area contributed by atoms with Gasteiger partial charge in [0.25, 0.3) is 5.91 Å². The van der Waals surface area contributed by atoms with Crippen LogP contribution in [-0.2, 0) is 25.8 Å². The number of nitrogens with one attached hydrogen (secondary N) is 2. The van der Waals surface area contributed by atoms with Gasteiger partial charge in [0.05, 0.1) is 31.1 Å². The monoisotopic (exact) mass is 549 g/mol. The summed E-state index contributed by atoms with van der Waals surface area (Å²) in [5, 5.41) is 24.6. The van der Waals surface area contributed by atoms with Gasteiger partial charge in [-0.1, -0.05) is 103 Å². The van der Waals surface area contributed by atoms with Crippen molar-refractivity contribution >= 4 is 17.7 Å². The summed E-state index contributed by atoms with van der Waals surface area (Å²) in [6.07, 6.45) is 4.58. The van der Waals surface area contributed by atoms with Crippen LogP contribution in [0.25, 0.3) is 0 Å². The van der Waals surface area contributed by atoms with Crippen LogP contribution in [0.3, 0.4) is 0 Å². The molecule has 0 fully saturated rings. The largest absolute Gasteiger partial charge is 0.390 e. The Morgan fingerprint density at radius 2 is 1.51 bits per heavy atom. The number of nitrogens with zero attached hydrogens (tertiary/aromatic N) is 1. The second kappa shape index (κ2) is 18.0. The van der Waals surface area contributed by atoms with Crippen LogP contribution in [0, 0.1) is 11.3 Å². The molecular weight excluding hydrogens is 498 g/mol. The van der Waals surface area contributed by atoms with Crippen molar-refractivity contribution in [1.82, 2.24) is 15.7 Å². The third kappa shape index (κ3) is 13.4. The second-order valence-electron chi connectivity index (χ2n) is 11.6. The van der Waals surface area contributed by atoms with Crippen LogP contribution < -0.4 is 10.8 Å². The highest BCUT2D eigenvalue weighted by molar-refractivity contribution is 5.89. The maximum absolute atomic E-state index is 13.5. The summed E-state index contributed by atoms with van der Waals surface area (Å²) in [4.78, 5) is 45.1. The van der Waals surface area contributed by atoms with Gasteiger partial charge >= 0.3 is 0 Å². The van der Waals surface area contributed by atoms with Crippen LogP contribution in [0.1, 0.15) is 91.0 Å². The van der Waals surface area contributed by atoms with Gasteiger partial charge in [-0.2, -0.15) is 0 Å². The summed E-state index contributed by atoms with van der Waals surface area (Å²) >= 11 is 0. The number of aliphatic hydroxyl groups excluding tert-OH is 2. The molecule has 4 N–H and O–H groups in total. The summed E-state index contributed by atoms with van der Waals surface area (Å²) in [7, 11) is 3.21. The summed E-state index contributed by atoms with van der Waals surface area (Å²) in [6.45, 7) is 7.84. The average Bonchev–Trinajstić information content (AvgIpc) is 2.88. The number of carbonyl (C=O) groups excluding carboxylic acids is 3. The van der Waals surface area contributed by atoms with E-state index in [1.54, 1.807) is 14.1 Å². The van der Waals surface area contributed by atoms with E-state index in [-0.39, 0.29) is 18.9 Å². The van der Waals surface area contributed by atoms with E-state index in [4.69, 9.17) is 4.84 Å². The first-order valence-corrected chi connectivity index (χ1v) is 14.2. The molecule has 1 aromatic carbocycles. The van der Waals surface area contributed by atoms with Crippen LogP contribution in [0.5, 0.6) is 0 Å². The van der Waals surface area contributed by atoms with Crippen LogP contribution in [-0.4, -0.2) is 65.2 Å². The Bertz CT molecular complexity index is 856. The van der Waals surface area contributed by atoms with Crippen molar-refractivity contribution in [1.29, 1.82) is 0 Å². The number of hydroxylamine groups is 1. The lowest BCUT2D eigenvalue weighted by atomic mass is 9.81. The standard InChI is InChI=1S/C30H51N3O6/c1-7-8-9-10-11-12-16-19-23(26(36)29(38)32-39-21-22-17-14-13-15-18-22)28(37)31-27(30(2,3)4)24(34)20-25(35)33(5)6/h13-15,17-18,23-24,26-27,34,36H,7-12,16,19-21H2,1-6H3,(H,31,37)(H,32,38)/t23-,24-,26+,27-/m1/s1. The third-order valence-electron chi connectivity index (χ3n) is 6.86. The predicted molar refractivity (Wildman–Crippen MR) is 152 cm³/mol. The maximum Gasteiger partial charge on any atom is 0.273 e. The van der Waals surface area contributed by atoms with Crippen molar-refractivity contribution in [2.75, 3.05) is 14.1 Å². The number of aliphatic hydroxyl groups is 2. The van der Waals surface area contributed by atoms with E-state index in [1.807, 2.05) is 51.1 Å². The highest BCUT2D eigenvalue weighted by atomic mass is 16.7. The smallest absolute Gasteiger partial charge is 0.273 e. The molecule has 222 valence electrons. The van der Waals surface area contributed by atoms with Crippen molar-refractivity contribution in [3.8, 4) is 0 Å². The van der Waals surface area contributed by atoms with Gasteiger partial charge in [-0.15, -0.1) is 0 Å². The SMILES string of the molecule is CCCCCCCCC[C@@H](C(=O)N[C@H]([C@H](O)CC(=O)N(C)C)C(C)(C)C)[C@H](O)C(=O)NOCc1ccccc1. The van der Waals surface area contributed by atoms with E-state index in [0.29, 0.717) is 12.8 Å². The summed E-state index contributed by atoms with van der Waals surface area (Å²) in [5.74, 6) is -2.64. The Hall–Kier alpha value is -2.49. The highest BCUT2D eigenvalue weighted by Gasteiger charge is 2.38. The second-order valence-corrected chi connectivity index (χ2v) is 11.6. The van der Waals surface area contributed by atoms with E-state index >= 15 is 0 Å². The molecule has 3 amide bonds. The zero-order chi connectivity index (χ0) is 29.4. The molecule has 9 heteroatoms. The Morgan fingerprint density at radius 1 is 0.923 bits per heavy atom. The number of rotatable bonds is 18. The van der Waals surface area contributed by atoms with Gasteiger partial charge < -0.3 is 20.4 Å². The molecule has 0 aromatic heterocycles. The fourth-order valence-electron chi connectivity index (χ4n) is 4.39. The van der Waals surface area contributed by atoms with Crippen LogP contribution >= 0.6 is 0 Å². The molecule has 0 aliphatic carbocycles. The zero-order valence-electron chi connectivity index (χ0n) is 24.7. The van der Waals surface area contributed by atoms with Gasteiger partial charge in [0, 0.05) is 14.1 Å². The summed E-state index contributed by atoms with van der Waals surface area (Å²) < 4.78 is 0. The van der Waals surface area contributed by atoms with E-state index in [1.165, 1.54) is 17.7 Å².